The molecule has 132 valence electrons. The lowest BCUT2D eigenvalue weighted by Gasteiger charge is -2.13. The van der Waals surface area contributed by atoms with Crippen molar-refractivity contribution >= 4 is 17.4 Å². The summed E-state index contributed by atoms with van der Waals surface area (Å²) in [6, 6.07) is 12.0. The molecule has 0 aliphatic heterocycles. The predicted molar refractivity (Wildman–Crippen MR) is 94.7 cm³/mol. The van der Waals surface area contributed by atoms with Crippen molar-refractivity contribution in [3.8, 4) is 17.2 Å². The SMILES string of the molecule is COc1cccc(C(=O)Nc2ccc(OCCC(C)=O)cc2)c1OC. The van der Waals surface area contributed by atoms with Crippen LogP contribution >= 0.6 is 0 Å². The third-order valence-electron chi connectivity index (χ3n) is 3.48. The van der Waals surface area contributed by atoms with Crippen LogP contribution in [0.15, 0.2) is 42.5 Å². The van der Waals surface area contributed by atoms with E-state index in [1.54, 1.807) is 42.5 Å². The van der Waals surface area contributed by atoms with Crippen LogP contribution in [-0.2, 0) is 4.79 Å². The lowest BCUT2D eigenvalue weighted by atomic mass is 10.1. The summed E-state index contributed by atoms with van der Waals surface area (Å²) in [5.41, 5.74) is 0.998. The van der Waals surface area contributed by atoms with Crippen LogP contribution in [0.4, 0.5) is 5.69 Å². The van der Waals surface area contributed by atoms with Crippen LogP contribution < -0.4 is 19.5 Å². The molecule has 1 amide bonds. The first-order chi connectivity index (χ1) is 12.0. The van der Waals surface area contributed by atoms with Gasteiger partial charge in [0.05, 0.1) is 26.4 Å². The number of hydrogen-bond donors (Lipinski definition) is 1. The number of benzene rings is 2. The molecular weight excluding hydrogens is 322 g/mol. The van der Waals surface area contributed by atoms with Crippen molar-refractivity contribution in [3.05, 3.63) is 48.0 Å². The number of methoxy groups -OCH3 is 2. The molecule has 0 saturated heterocycles. The Morgan fingerprint density at radius 1 is 1.00 bits per heavy atom. The molecule has 0 radical (unpaired) electrons. The lowest BCUT2D eigenvalue weighted by molar-refractivity contribution is -0.117. The maximum Gasteiger partial charge on any atom is 0.259 e. The standard InChI is InChI=1S/C19H21NO5/c1-13(21)11-12-25-15-9-7-14(8-10-15)20-19(22)16-5-4-6-17(23-2)18(16)24-3/h4-10H,11-12H2,1-3H3,(H,20,22). The molecule has 2 aromatic carbocycles. The number of Topliss-reactive ketones (excluding diaryl/α,β-unsaturated/α-hetero) is 1. The Morgan fingerprint density at radius 3 is 2.32 bits per heavy atom. The fourth-order valence-corrected chi connectivity index (χ4v) is 2.21. The highest BCUT2D eigenvalue weighted by Gasteiger charge is 2.16. The molecule has 0 aliphatic carbocycles. The second kappa shape index (κ2) is 8.73. The summed E-state index contributed by atoms with van der Waals surface area (Å²) in [6.07, 6.45) is 0.369. The zero-order valence-corrected chi connectivity index (χ0v) is 14.5. The number of ether oxygens (including phenoxy) is 3. The zero-order chi connectivity index (χ0) is 18.2. The monoisotopic (exact) mass is 343 g/mol. The van der Waals surface area contributed by atoms with Crippen LogP contribution in [0, 0.1) is 0 Å². The summed E-state index contributed by atoms with van der Waals surface area (Å²) in [5.74, 6) is 1.28. The minimum Gasteiger partial charge on any atom is -0.493 e. The van der Waals surface area contributed by atoms with E-state index in [4.69, 9.17) is 14.2 Å². The fourth-order valence-electron chi connectivity index (χ4n) is 2.21. The third-order valence-corrected chi connectivity index (χ3v) is 3.48. The third kappa shape index (κ3) is 4.97. The second-order valence-corrected chi connectivity index (χ2v) is 5.32. The fraction of sp³-hybridized carbons (Fsp3) is 0.263. The first-order valence-electron chi connectivity index (χ1n) is 7.79. The average molecular weight is 343 g/mol. The van der Waals surface area contributed by atoms with Crippen molar-refractivity contribution in [1.82, 2.24) is 0 Å². The van der Waals surface area contributed by atoms with Crippen LogP contribution in [-0.4, -0.2) is 32.5 Å². The normalized spacial score (nSPS) is 10.0. The topological polar surface area (TPSA) is 73.9 Å². The first-order valence-corrected chi connectivity index (χ1v) is 7.79. The highest BCUT2D eigenvalue weighted by molar-refractivity contribution is 6.06. The molecule has 6 heteroatoms. The van der Waals surface area contributed by atoms with E-state index in [9.17, 15) is 9.59 Å². The molecule has 2 aromatic rings. The van der Waals surface area contributed by atoms with Gasteiger partial charge in [-0.2, -0.15) is 0 Å². The van der Waals surface area contributed by atoms with Crippen LogP contribution in [0.2, 0.25) is 0 Å². The Morgan fingerprint density at radius 2 is 1.72 bits per heavy atom. The van der Waals surface area contributed by atoms with Gasteiger partial charge in [-0.1, -0.05) is 6.07 Å². The van der Waals surface area contributed by atoms with E-state index >= 15 is 0 Å². The van der Waals surface area contributed by atoms with E-state index in [-0.39, 0.29) is 11.7 Å². The van der Waals surface area contributed by atoms with E-state index in [1.165, 1.54) is 21.1 Å². The van der Waals surface area contributed by atoms with Crippen molar-refractivity contribution in [2.45, 2.75) is 13.3 Å². The number of amides is 1. The summed E-state index contributed by atoms with van der Waals surface area (Å²) in [4.78, 5) is 23.4. The number of para-hydroxylation sites is 1. The van der Waals surface area contributed by atoms with E-state index in [2.05, 4.69) is 5.32 Å². The van der Waals surface area contributed by atoms with Gasteiger partial charge in [0.15, 0.2) is 11.5 Å². The molecule has 0 bridgehead atoms. The van der Waals surface area contributed by atoms with Gasteiger partial charge in [-0.25, -0.2) is 0 Å². The number of rotatable bonds is 8. The summed E-state index contributed by atoms with van der Waals surface area (Å²) >= 11 is 0. The van der Waals surface area contributed by atoms with Gasteiger partial charge in [-0.15, -0.1) is 0 Å². The largest absolute Gasteiger partial charge is 0.493 e. The molecule has 25 heavy (non-hydrogen) atoms. The van der Waals surface area contributed by atoms with E-state index in [0.29, 0.717) is 41.5 Å². The minimum atomic E-state index is -0.305. The van der Waals surface area contributed by atoms with Crippen molar-refractivity contribution in [3.63, 3.8) is 0 Å². The van der Waals surface area contributed by atoms with Crippen molar-refractivity contribution < 1.29 is 23.8 Å². The number of carbonyl (C=O) groups excluding carboxylic acids is 2. The van der Waals surface area contributed by atoms with Gasteiger partial charge >= 0.3 is 0 Å². The van der Waals surface area contributed by atoms with Gasteiger partial charge in [0.1, 0.15) is 11.5 Å². The van der Waals surface area contributed by atoms with Crippen molar-refractivity contribution in [2.24, 2.45) is 0 Å². The number of nitrogens with one attached hydrogen (secondary N) is 1. The Labute approximate surface area is 146 Å². The highest BCUT2D eigenvalue weighted by atomic mass is 16.5. The summed E-state index contributed by atoms with van der Waals surface area (Å²) < 4.78 is 15.9. The molecule has 0 atom stereocenters. The van der Waals surface area contributed by atoms with Gasteiger partial charge in [0.25, 0.3) is 5.91 Å². The lowest BCUT2D eigenvalue weighted by Crippen LogP contribution is -2.13. The average Bonchev–Trinajstić information content (AvgIpc) is 2.62. The first kappa shape index (κ1) is 18.3. The summed E-state index contributed by atoms with van der Waals surface area (Å²) in [7, 11) is 3.01. The summed E-state index contributed by atoms with van der Waals surface area (Å²) in [6.45, 7) is 1.86. The Balaban J connectivity index is 2.05. The van der Waals surface area contributed by atoms with Gasteiger partial charge < -0.3 is 19.5 Å². The predicted octanol–water partition coefficient (Wildman–Crippen LogP) is 3.31. The van der Waals surface area contributed by atoms with Crippen LogP contribution in [0.1, 0.15) is 23.7 Å². The molecule has 0 fully saturated rings. The molecule has 0 heterocycles. The molecule has 0 aliphatic rings. The maximum atomic E-state index is 12.5. The molecule has 1 N–H and O–H groups in total. The maximum absolute atomic E-state index is 12.5. The van der Waals surface area contributed by atoms with Gasteiger partial charge in [-0.3, -0.25) is 9.59 Å². The van der Waals surface area contributed by atoms with Gasteiger partial charge in [0.2, 0.25) is 0 Å². The molecule has 0 unspecified atom stereocenters. The molecule has 6 nitrogen and oxygen atoms in total. The zero-order valence-electron chi connectivity index (χ0n) is 14.5. The van der Waals surface area contributed by atoms with Crippen LogP contribution in [0.5, 0.6) is 17.2 Å². The van der Waals surface area contributed by atoms with Crippen molar-refractivity contribution in [2.75, 3.05) is 26.1 Å². The Kier molecular flexibility index (Phi) is 6.39. The number of ketones is 1. The molecule has 0 aromatic heterocycles. The number of hydrogen-bond acceptors (Lipinski definition) is 5. The minimum absolute atomic E-state index is 0.0797. The Hall–Kier alpha value is -3.02. The number of carbonyl (C=O) groups is 2. The molecule has 2 rings (SSSR count). The van der Waals surface area contributed by atoms with E-state index in [0.717, 1.165) is 0 Å². The quantitative estimate of drug-likeness (QED) is 0.796. The van der Waals surface area contributed by atoms with Crippen LogP contribution in [0.3, 0.4) is 0 Å². The van der Waals surface area contributed by atoms with E-state index < -0.39 is 0 Å². The summed E-state index contributed by atoms with van der Waals surface area (Å²) in [5, 5.41) is 2.80. The van der Waals surface area contributed by atoms with E-state index in [1.807, 2.05) is 0 Å². The Bertz CT molecular complexity index is 740. The second-order valence-electron chi connectivity index (χ2n) is 5.32. The molecule has 0 spiro atoms. The van der Waals surface area contributed by atoms with Crippen LogP contribution in [0.25, 0.3) is 0 Å². The van der Waals surface area contributed by atoms with Gasteiger partial charge in [0, 0.05) is 12.1 Å². The van der Waals surface area contributed by atoms with Crippen molar-refractivity contribution in [1.29, 1.82) is 0 Å². The number of anilines is 1. The van der Waals surface area contributed by atoms with Gasteiger partial charge in [-0.05, 0) is 43.3 Å². The molecule has 0 saturated carbocycles. The smallest absolute Gasteiger partial charge is 0.259 e. The molecular formula is C19H21NO5. The highest BCUT2D eigenvalue weighted by Crippen LogP contribution is 2.31.